The van der Waals surface area contributed by atoms with Gasteiger partial charge in [0.2, 0.25) is 11.1 Å². The van der Waals surface area contributed by atoms with Crippen molar-refractivity contribution in [3.63, 3.8) is 0 Å². The number of carbonyl (C=O) groups excluding carboxylic acids is 1. The maximum atomic E-state index is 12.5. The summed E-state index contributed by atoms with van der Waals surface area (Å²) in [6.07, 6.45) is 0.423. The Bertz CT molecular complexity index is 1280. The number of nitrogens with one attached hydrogen (secondary N) is 1. The van der Waals surface area contributed by atoms with Gasteiger partial charge in [-0.1, -0.05) is 71.4 Å². The van der Waals surface area contributed by atoms with Crippen LogP contribution in [0.1, 0.15) is 24.5 Å². The summed E-state index contributed by atoms with van der Waals surface area (Å²) in [5.74, 6) is -0.0985. The molecule has 2 heterocycles. The molecular weight excluding hydrogens is 456 g/mol. The molecule has 0 aliphatic carbocycles. The second-order valence-electron chi connectivity index (χ2n) is 8.76. The van der Waals surface area contributed by atoms with E-state index in [0.29, 0.717) is 23.0 Å². The van der Waals surface area contributed by atoms with Crippen LogP contribution < -0.4 is 5.32 Å². The number of rotatable bonds is 6. The Morgan fingerprint density at radius 3 is 2.09 bits per heavy atom. The molecule has 0 spiro atoms. The molecule has 1 amide bonds. The van der Waals surface area contributed by atoms with Crippen molar-refractivity contribution in [3.8, 4) is 22.5 Å². The molecule has 33 heavy (non-hydrogen) atoms. The third-order valence-corrected chi connectivity index (χ3v) is 8.33. The normalized spacial score (nSPS) is 19.4. The number of amides is 1. The van der Waals surface area contributed by atoms with Crippen molar-refractivity contribution in [1.29, 1.82) is 0 Å². The molecule has 1 atom stereocenters. The van der Waals surface area contributed by atoms with E-state index in [4.69, 9.17) is 4.98 Å². The summed E-state index contributed by atoms with van der Waals surface area (Å²) < 4.78 is 23.6. The van der Waals surface area contributed by atoms with Crippen molar-refractivity contribution in [1.82, 2.24) is 20.5 Å². The van der Waals surface area contributed by atoms with Crippen LogP contribution in [-0.4, -0.2) is 52.3 Å². The van der Waals surface area contributed by atoms with E-state index in [2.05, 4.69) is 15.5 Å². The highest BCUT2D eigenvalue weighted by Gasteiger charge is 2.39. The van der Waals surface area contributed by atoms with Crippen LogP contribution in [0.3, 0.4) is 0 Å². The first-order chi connectivity index (χ1) is 15.6. The summed E-state index contributed by atoms with van der Waals surface area (Å²) in [7, 11) is -3.10. The van der Waals surface area contributed by atoms with E-state index in [0.717, 1.165) is 22.3 Å². The minimum Gasteiger partial charge on any atom is -0.349 e. The molecule has 0 unspecified atom stereocenters. The lowest BCUT2D eigenvalue weighted by atomic mass is 10.0. The molecule has 4 rings (SSSR count). The summed E-state index contributed by atoms with van der Waals surface area (Å²) in [5, 5.41) is 11.9. The zero-order valence-electron chi connectivity index (χ0n) is 18.8. The predicted molar refractivity (Wildman–Crippen MR) is 131 cm³/mol. The summed E-state index contributed by atoms with van der Waals surface area (Å²) in [5.41, 5.74) is 4.78. The van der Waals surface area contributed by atoms with Crippen molar-refractivity contribution in [3.05, 3.63) is 59.7 Å². The number of benzene rings is 2. The number of aryl methyl sites for hydroxylation is 2. The number of aromatic nitrogens is 3. The summed E-state index contributed by atoms with van der Waals surface area (Å²) in [6.45, 7) is 5.82. The molecule has 7 nitrogen and oxygen atoms in total. The van der Waals surface area contributed by atoms with E-state index in [1.54, 1.807) is 6.92 Å². The molecule has 0 saturated carbocycles. The lowest BCUT2D eigenvalue weighted by Crippen LogP contribution is -2.47. The highest BCUT2D eigenvalue weighted by molar-refractivity contribution is 7.99. The van der Waals surface area contributed by atoms with Gasteiger partial charge in [0.05, 0.1) is 22.8 Å². The largest absolute Gasteiger partial charge is 0.349 e. The first-order valence-electron chi connectivity index (χ1n) is 10.7. The fourth-order valence-corrected chi connectivity index (χ4v) is 6.48. The highest BCUT2D eigenvalue weighted by Crippen LogP contribution is 2.30. The van der Waals surface area contributed by atoms with Gasteiger partial charge in [0.25, 0.3) is 0 Å². The van der Waals surface area contributed by atoms with E-state index >= 15 is 0 Å². The van der Waals surface area contributed by atoms with Crippen molar-refractivity contribution in [2.45, 2.75) is 37.9 Å². The van der Waals surface area contributed by atoms with Gasteiger partial charge in [0.15, 0.2) is 9.84 Å². The Kier molecular flexibility index (Phi) is 6.54. The third kappa shape index (κ3) is 5.78. The Labute approximate surface area is 198 Å². The number of sulfone groups is 1. The Hall–Kier alpha value is -2.78. The van der Waals surface area contributed by atoms with Gasteiger partial charge in [-0.3, -0.25) is 4.79 Å². The molecule has 0 radical (unpaired) electrons. The second kappa shape index (κ2) is 9.23. The van der Waals surface area contributed by atoms with Crippen LogP contribution in [0.15, 0.2) is 53.7 Å². The molecular formula is C24H26N4O3S2. The lowest BCUT2D eigenvalue weighted by molar-refractivity contribution is -0.120. The van der Waals surface area contributed by atoms with Crippen LogP contribution in [0.4, 0.5) is 0 Å². The molecule has 1 N–H and O–H groups in total. The minimum atomic E-state index is -3.10. The van der Waals surface area contributed by atoms with Crippen molar-refractivity contribution >= 4 is 27.5 Å². The van der Waals surface area contributed by atoms with Gasteiger partial charge in [0.1, 0.15) is 11.4 Å². The Morgan fingerprint density at radius 2 is 1.55 bits per heavy atom. The average Bonchev–Trinajstić information content (AvgIpc) is 3.05. The molecule has 1 aromatic heterocycles. The fourth-order valence-electron chi connectivity index (χ4n) is 3.80. The Morgan fingerprint density at radius 1 is 0.970 bits per heavy atom. The van der Waals surface area contributed by atoms with Gasteiger partial charge in [-0.15, -0.1) is 10.2 Å². The van der Waals surface area contributed by atoms with Gasteiger partial charge >= 0.3 is 0 Å². The fraction of sp³-hybridized carbons (Fsp3) is 0.333. The number of carbonyl (C=O) groups is 1. The van der Waals surface area contributed by atoms with Gasteiger partial charge in [-0.2, -0.15) is 0 Å². The maximum Gasteiger partial charge on any atom is 0.230 e. The lowest BCUT2D eigenvalue weighted by Gasteiger charge is -2.23. The topological polar surface area (TPSA) is 102 Å². The number of thioether (sulfide) groups is 1. The standard InChI is InChI=1S/C24H26N4O3S2/c1-16-4-8-18(9-5-16)21-22(19-10-6-17(2)7-11-19)27-28-23(25-21)32-14-20(29)26-24(3)12-13-33(30,31)15-24/h4-11H,12-15H2,1-3H3,(H,26,29)/t24-/m0/s1. The quantitative estimate of drug-likeness (QED) is 0.536. The molecule has 1 saturated heterocycles. The molecule has 1 aliphatic rings. The van der Waals surface area contributed by atoms with Crippen molar-refractivity contribution in [2.75, 3.05) is 17.3 Å². The number of nitrogens with zero attached hydrogens (tertiary/aromatic N) is 3. The van der Waals surface area contributed by atoms with Crippen LogP contribution in [0.2, 0.25) is 0 Å². The summed E-state index contributed by atoms with van der Waals surface area (Å²) in [6, 6.07) is 16.1. The third-order valence-electron chi connectivity index (χ3n) is 5.59. The Balaban J connectivity index is 1.55. The van der Waals surface area contributed by atoms with Gasteiger partial charge < -0.3 is 5.32 Å². The van der Waals surface area contributed by atoms with E-state index in [1.165, 1.54) is 11.8 Å². The van der Waals surface area contributed by atoms with Gasteiger partial charge in [-0.05, 0) is 27.2 Å². The monoisotopic (exact) mass is 482 g/mol. The molecule has 9 heteroatoms. The van der Waals surface area contributed by atoms with E-state index in [1.807, 2.05) is 62.4 Å². The molecule has 1 fully saturated rings. The van der Waals surface area contributed by atoms with Gasteiger partial charge in [-0.25, -0.2) is 13.4 Å². The number of hydrogen-bond donors (Lipinski definition) is 1. The summed E-state index contributed by atoms with van der Waals surface area (Å²) >= 11 is 1.18. The predicted octanol–water partition coefficient (Wildman–Crippen LogP) is 3.61. The zero-order chi connectivity index (χ0) is 23.6. The van der Waals surface area contributed by atoms with Crippen LogP contribution in [-0.2, 0) is 14.6 Å². The zero-order valence-corrected chi connectivity index (χ0v) is 20.5. The van der Waals surface area contributed by atoms with E-state index < -0.39 is 15.4 Å². The average molecular weight is 483 g/mol. The SMILES string of the molecule is Cc1ccc(-c2nnc(SCC(=O)N[C@@]3(C)CCS(=O)(=O)C3)nc2-c2ccc(C)cc2)cc1. The van der Waals surface area contributed by atoms with Crippen LogP contribution in [0, 0.1) is 13.8 Å². The van der Waals surface area contributed by atoms with E-state index in [9.17, 15) is 13.2 Å². The van der Waals surface area contributed by atoms with Gasteiger partial charge in [0, 0.05) is 11.1 Å². The van der Waals surface area contributed by atoms with Crippen molar-refractivity contribution in [2.24, 2.45) is 0 Å². The first-order valence-corrected chi connectivity index (χ1v) is 13.5. The molecule has 0 bridgehead atoms. The summed E-state index contributed by atoms with van der Waals surface area (Å²) in [4.78, 5) is 17.2. The highest BCUT2D eigenvalue weighted by atomic mass is 32.2. The molecule has 3 aromatic rings. The van der Waals surface area contributed by atoms with Crippen LogP contribution in [0.5, 0.6) is 0 Å². The molecule has 172 valence electrons. The molecule has 1 aliphatic heterocycles. The minimum absolute atomic E-state index is 0.0305. The first kappa shape index (κ1) is 23.4. The molecule has 2 aromatic carbocycles. The van der Waals surface area contributed by atoms with Crippen LogP contribution >= 0.6 is 11.8 Å². The van der Waals surface area contributed by atoms with Crippen LogP contribution in [0.25, 0.3) is 22.5 Å². The second-order valence-corrected chi connectivity index (χ2v) is 11.9. The maximum absolute atomic E-state index is 12.5. The van der Waals surface area contributed by atoms with Crippen molar-refractivity contribution < 1.29 is 13.2 Å². The van der Waals surface area contributed by atoms with E-state index in [-0.39, 0.29) is 23.2 Å². The number of hydrogen-bond acceptors (Lipinski definition) is 7. The smallest absolute Gasteiger partial charge is 0.230 e.